The number of rotatable bonds is 6. The Kier molecular flexibility index (Phi) is 6.84. The van der Waals surface area contributed by atoms with Crippen molar-refractivity contribution >= 4 is 11.8 Å². The number of imidazole rings is 1. The van der Waals surface area contributed by atoms with Gasteiger partial charge in [-0.2, -0.15) is 0 Å². The van der Waals surface area contributed by atoms with Gasteiger partial charge < -0.3 is 24.8 Å². The zero-order valence-corrected chi connectivity index (χ0v) is 16.3. The first-order chi connectivity index (χ1) is 13.1. The highest BCUT2D eigenvalue weighted by Gasteiger charge is 2.37. The molecule has 27 heavy (non-hydrogen) atoms. The molecule has 0 spiro atoms. The van der Waals surface area contributed by atoms with Crippen molar-refractivity contribution in [3.63, 3.8) is 0 Å². The van der Waals surface area contributed by atoms with Gasteiger partial charge in [0.15, 0.2) is 5.82 Å². The summed E-state index contributed by atoms with van der Waals surface area (Å²) >= 11 is 0. The van der Waals surface area contributed by atoms with Crippen LogP contribution in [0.2, 0.25) is 0 Å². The number of likely N-dealkylation sites (N-methyl/N-ethyl adjacent to an activating group) is 1. The van der Waals surface area contributed by atoms with Crippen LogP contribution in [0.4, 0.5) is 0 Å². The van der Waals surface area contributed by atoms with E-state index in [0.717, 1.165) is 45.4 Å². The predicted octanol–water partition coefficient (Wildman–Crippen LogP) is 0.877. The monoisotopic (exact) mass is 377 g/mol. The molecule has 0 radical (unpaired) electrons. The third-order valence-corrected chi connectivity index (χ3v) is 5.52. The Labute approximate surface area is 160 Å². The molecular weight excluding hydrogens is 346 g/mol. The Hall–Kier alpha value is -1.93. The molecule has 0 unspecified atom stereocenters. The van der Waals surface area contributed by atoms with Crippen LogP contribution in [0.1, 0.15) is 43.2 Å². The Balaban J connectivity index is 1.59. The fourth-order valence-electron chi connectivity index (χ4n) is 3.88. The first-order valence-corrected chi connectivity index (χ1v) is 9.97. The largest absolute Gasteiger partial charge is 0.376 e. The summed E-state index contributed by atoms with van der Waals surface area (Å²) in [6.07, 6.45) is 6.14. The predicted molar refractivity (Wildman–Crippen MR) is 101 cm³/mol. The lowest BCUT2D eigenvalue weighted by molar-refractivity contribution is -0.140. The molecule has 2 heterocycles. The van der Waals surface area contributed by atoms with Crippen LogP contribution in [-0.2, 0) is 9.53 Å². The van der Waals surface area contributed by atoms with E-state index in [-0.39, 0.29) is 29.9 Å². The van der Waals surface area contributed by atoms with Crippen molar-refractivity contribution in [2.45, 2.75) is 44.8 Å². The number of hydrogen-bond donors (Lipinski definition) is 2. The second-order valence-electron chi connectivity index (χ2n) is 7.57. The minimum atomic E-state index is -0.223. The van der Waals surface area contributed by atoms with Crippen molar-refractivity contribution in [3.05, 3.63) is 18.2 Å². The van der Waals surface area contributed by atoms with Crippen LogP contribution in [0.25, 0.3) is 0 Å². The molecule has 1 saturated heterocycles. The van der Waals surface area contributed by atoms with Gasteiger partial charge >= 0.3 is 0 Å². The highest BCUT2D eigenvalue weighted by molar-refractivity contribution is 5.90. The molecule has 3 atom stereocenters. The number of nitrogens with zero attached hydrogens (tertiary/aromatic N) is 3. The fourth-order valence-corrected chi connectivity index (χ4v) is 3.88. The lowest BCUT2D eigenvalue weighted by atomic mass is 9.82. The molecule has 1 aromatic rings. The molecule has 2 N–H and O–H groups in total. The van der Waals surface area contributed by atoms with E-state index in [2.05, 4.69) is 34.2 Å². The number of aromatic amines is 1. The molecule has 0 aromatic carbocycles. The topological polar surface area (TPSA) is 90.6 Å². The highest BCUT2D eigenvalue weighted by atomic mass is 16.5. The summed E-state index contributed by atoms with van der Waals surface area (Å²) in [6, 6.07) is -0.0920. The molecule has 1 aliphatic carbocycles. The van der Waals surface area contributed by atoms with Crippen LogP contribution < -0.4 is 5.32 Å². The van der Waals surface area contributed by atoms with Gasteiger partial charge in [0, 0.05) is 51.1 Å². The van der Waals surface area contributed by atoms with Crippen molar-refractivity contribution in [3.8, 4) is 0 Å². The number of aromatic nitrogens is 2. The van der Waals surface area contributed by atoms with Gasteiger partial charge in [-0.3, -0.25) is 9.59 Å². The number of amides is 2. The Morgan fingerprint density at radius 3 is 2.74 bits per heavy atom. The number of ether oxygens (including phenoxy) is 1. The number of carbonyl (C=O) groups excluding carboxylic acids is 2. The third kappa shape index (κ3) is 5.07. The van der Waals surface area contributed by atoms with Gasteiger partial charge in [-0.05, 0) is 32.7 Å². The average molecular weight is 377 g/mol. The number of hydrogen-bond acceptors (Lipinski definition) is 5. The molecule has 1 aliphatic heterocycles. The van der Waals surface area contributed by atoms with Crippen molar-refractivity contribution < 1.29 is 14.3 Å². The minimum Gasteiger partial charge on any atom is -0.376 e. The van der Waals surface area contributed by atoms with Crippen LogP contribution in [0.3, 0.4) is 0 Å². The lowest BCUT2D eigenvalue weighted by Crippen LogP contribution is -2.53. The Morgan fingerprint density at radius 2 is 2.07 bits per heavy atom. The summed E-state index contributed by atoms with van der Waals surface area (Å²) in [6.45, 7) is 6.14. The van der Waals surface area contributed by atoms with Crippen molar-refractivity contribution in [1.82, 2.24) is 25.1 Å². The summed E-state index contributed by atoms with van der Waals surface area (Å²) in [7, 11) is 2.09. The molecule has 8 nitrogen and oxygen atoms in total. The molecule has 2 amide bonds. The average Bonchev–Trinajstić information content (AvgIpc) is 3.22. The minimum absolute atomic E-state index is 0.0213. The standard InChI is InChI=1S/C19H31N5O3/c1-3-12-27-16-13-14(19(26)24-10-8-23(2)9-11-24)4-5-15(16)22-18(25)17-20-6-7-21-17/h6-7,14-16H,3-5,8-13H2,1-2H3,(H,20,21)(H,22,25)/t14-,15-,16-/m0/s1. The maximum Gasteiger partial charge on any atom is 0.287 e. The maximum absolute atomic E-state index is 12.9. The summed E-state index contributed by atoms with van der Waals surface area (Å²) in [5.41, 5.74) is 0. The van der Waals surface area contributed by atoms with Gasteiger partial charge in [0.25, 0.3) is 5.91 Å². The van der Waals surface area contributed by atoms with Gasteiger partial charge in [-0.1, -0.05) is 6.92 Å². The number of carbonyl (C=O) groups is 2. The van der Waals surface area contributed by atoms with Gasteiger partial charge in [0.05, 0.1) is 12.1 Å². The van der Waals surface area contributed by atoms with E-state index < -0.39 is 0 Å². The normalized spacial score (nSPS) is 26.7. The molecule has 2 aliphatic rings. The van der Waals surface area contributed by atoms with Crippen molar-refractivity contribution in [2.75, 3.05) is 39.8 Å². The first kappa shape index (κ1) is 19.8. The van der Waals surface area contributed by atoms with Crippen LogP contribution in [0, 0.1) is 5.92 Å². The molecule has 2 fully saturated rings. The molecule has 150 valence electrons. The number of H-pyrrole nitrogens is 1. The molecule has 0 bridgehead atoms. The van der Waals surface area contributed by atoms with Crippen molar-refractivity contribution in [1.29, 1.82) is 0 Å². The summed E-state index contributed by atoms with van der Waals surface area (Å²) in [5, 5.41) is 3.04. The summed E-state index contributed by atoms with van der Waals surface area (Å²) in [5.74, 6) is 0.301. The number of piperazine rings is 1. The van der Waals surface area contributed by atoms with Gasteiger partial charge in [0.2, 0.25) is 5.91 Å². The van der Waals surface area contributed by atoms with E-state index in [0.29, 0.717) is 18.9 Å². The van der Waals surface area contributed by atoms with Crippen LogP contribution >= 0.6 is 0 Å². The van der Waals surface area contributed by atoms with E-state index in [1.54, 1.807) is 12.4 Å². The zero-order valence-electron chi connectivity index (χ0n) is 16.3. The quantitative estimate of drug-likeness (QED) is 0.768. The zero-order chi connectivity index (χ0) is 19.2. The molecular formula is C19H31N5O3. The summed E-state index contributed by atoms with van der Waals surface area (Å²) < 4.78 is 6.02. The Morgan fingerprint density at radius 1 is 1.30 bits per heavy atom. The SMILES string of the molecule is CCCO[C@H]1C[C@@H](C(=O)N2CCN(C)CC2)CC[C@@H]1NC(=O)c1ncc[nH]1. The highest BCUT2D eigenvalue weighted by Crippen LogP contribution is 2.29. The van der Waals surface area contributed by atoms with Gasteiger partial charge in [-0.15, -0.1) is 0 Å². The maximum atomic E-state index is 12.9. The fraction of sp³-hybridized carbons (Fsp3) is 0.737. The second kappa shape index (κ2) is 9.32. The molecule has 8 heteroatoms. The summed E-state index contributed by atoms with van der Waals surface area (Å²) in [4.78, 5) is 36.4. The van der Waals surface area contributed by atoms with Gasteiger partial charge in [0.1, 0.15) is 0 Å². The van der Waals surface area contributed by atoms with E-state index in [1.165, 1.54) is 0 Å². The van der Waals surface area contributed by atoms with E-state index in [9.17, 15) is 9.59 Å². The molecule has 1 saturated carbocycles. The second-order valence-corrected chi connectivity index (χ2v) is 7.57. The van der Waals surface area contributed by atoms with Crippen LogP contribution in [0.15, 0.2) is 12.4 Å². The smallest absolute Gasteiger partial charge is 0.287 e. The molecule has 1 aromatic heterocycles. The first-order valence-electron chi connectivity index (χ1n) is 9.97. The van der Waals surface area contributed by atoms with Crippen LogP contribution in [0.5, 0.6) is 0 Å². The van der Waals surface area contributed by atoms with E-state index in [4.69, 9.17) is 4.74 Å². The lowest BCUT2D eigenvalue weighted by Gasteiger charge is -2.39. The van der Waals surface area contributed by atoms with E-state index in [1.807, 2.05) is 4.90 Å². The third-order valence-electron chi connectivity index (χ3n) is 5.52. The number of nitrogens with one attached hydrogen (secondary N) is 2. The van der Waals surface area contributed by atoms with E-state index >= 15 is 0 Å². The van der Waals surface area contributed by atoms with Crippen LogP contribution in [-0.4, -0.2) is 83.6 Å². The van der Waals surface area contributed by atoms with Crippen molar-refractivity contribution in [2.24, 2.45) is 5.92 Å². The molecule has 3 rings (SSSR count). The Bertz CT molecular complexity index is 613. The van der Waals surface area contributed by atoms with Gasteiger partial charge in [-0.25, -0.2) is 4.98 Å².